The van der Waals surface area contributed by atoms with Crippen LogP contribution >= 0.6 is 0 Å². The number of carbonyl (C=O) groups excluding carboxylic acids is 1. The number of anilines is 1. The molecule has 0 radical (unpaired) electrons. The van der Waals surface area contributed by atoms with E-state index in [1.54, 1.807) is 30.3 Å². The van der Waals surface area contributed by atoms with Crippen molar-refractivity contribution in [3.05, 3.63) is 65.7 Å². The lowest BCUT2D eigenvalue weighted by Crippen LogP contribution is -2.32. The van der Waals surface area contributed by atoms with E-state index >= 15 is 0 Å². The van der Waals surface area contributed by atoms with Crippen LogP contribution in [0.1, 0.15) is 17.2 Å². The van der Waals surface area contributed by atoms with Gasteiger partial charge in [0.1, 0.15) is 0 Å². The number of carbonyl (C=O) groups is 1. The standard InChI is InChI=1S/C16H15F3N2O2/c17-16(18,19)12-7-4-8-13(9-12)21-15(23)20-10-14(22)11-5-2-1-3-6-11/h1-9,14,22H,10H2,(H2,20,21,23)/t14-/m0/s1. The zero-order chi connectivity index (χ0) is 16.9. The highest BCUT2D eigenvalue weighted by molar-refractivity contribution is 5.89. The highest BCUT2D eigenvalue weighted by Crippen LogP contribution is 2.30. The van der Waals surface area contributed by atoms with Crippen molar-refractivity contribution in [2.24, 2.45) is 0 Å². The highest BCUT2D eigenvalue weighted by Gasteiger charge is 2.30. The van der Waals surface area contributed by atoms with Crippen molar-refractivity contribution in [3.8, 4) is 0 Å². The first-order chi connectivity index (χ1) is 10.9. The Kier molecular flexibility index (Phi) is 5.23. The zero-order valence-corrected chi connectivity index (χ0v) is 12.0. The third-order valence-electron chi connectivity index (χ3n) is 3.09. The van der Waals surface area contributed by atoms with Gasteiger partial charge in [-0.05, 0) is 23.8 Å². The van der Waals surface area contributed by atoms with Crippen molar-refractivity contribution in [2.75, 3.05) is 11.9 Å². The maximum absolute atomic E-state index is 12.6. The molecule has 4 nitrogen and oxygen atoms in total. The minimum atomic E-state index is -4.47. The Bertz CT molecular complexity index is 660. The Morgan fingerprint density at radius 1 is 1.09 bits per heavy atom. The third kappa shape index (κ3) is 5.00. The summed E-state index contributed by atoms with van der Waals surface area (Å²) in [6, 6.07) is 12.3. The molecule has 2 aromatic rings. The summed E-state index contributed by atoms with van der Waals surface area (Å²) >= 11 is 0. The molecular weight excluding hydrogens is 309 g/mol. The van der Waals surface area contributed by atoms with Crippen molar-refractivity contribution in [2.45, 2.75) is 12.3 Å². The fourth-order valence-electron chi connectivity index (χ4n) is 1.93. The van der Waals surface area contributed by atoms with Gasteiger partial charge >= 0.3 is 12.2 Å². The fraction of sp³-hybridized carbons (Fsp3) is 0.188. The predicted octanol–water partition coefficient (Wildman–Crippen LogP) is 3.56. The Morgan fingerprint density at radius 3 is 2.43 bits per heavy atom. The quantitative estimate of drug-likeness (QED) is 0.805. The SMILES string of the molecule is O=C(NC[C@H](O)c1ccccc1)Nc1cccc(C(F)(F)F)c1. The van der Waals surface area contributed by atoms with Crippen molar-refractivity contribution in [3.63, 3.8) is 0 Å². The van der Waals surface area contributed by atoms with E-state index in [9.17, 15) is 23.1 Å². The molecule has 23 heavy (non-hydrogen) atoms. The normalized spacial score (nSPS) is 12.5. The van der Waals surface area contributed by atoms with Gasteiger partial charge in [0, 0.05) is 12.2 Å². The van der Waals surface area contributed by atoms with Crippen molar-refractivity contribution < 1.29 is 23.1 Å². The van der Waals surface area contributed by atoms with Gasteiger partial charge in [0.05, 0.1) is 11.7 Å². The number of amides is 2. The molecule has 0 heterocycles. The molecule has 0 aliphatic rings. The summed E-state index contributed by atoms with van der Waals surface area (Å²) in [6.45, 7) is -0.0607. The van der Waals surface area contributed by atoms with Crippen molar-refractivity contribution in [1.29, 1.82) is 0 Å². The molecule has 0 saturated carbocycles. The summed E-state index contributed by atoms with van der Waals surface area (Å²) in [7, 11) is 0. The van der Waals surface area contributed by atoms with Crippen molar-refractivity contribution >= 4 is 11.7 Å². The summed E-state index contributed by atoms with van der Waals surface area (Å²) in [6.07, 6.45) is -5.37. The molecule has 0 saturated heterocycles. The first kappa shape index (κ1) is 16.8. The molecule has 122 valence electrons. The van der Waals surface area contributed by atoms with Gasteiger partial charge in [-0.25, -0.2) is 4.79 Å². The number of rotatable bonds is 4. The van der Waals surface area contributed by atoms with E-state index in [1.807, 2.05) is 0 Å². The van der Waals surface area contributed by atoms with Gasteiger partial charge in [-0.2, -0.15) is 13.2 Å². The minimum Gasteiger partial charge on any atom is -0.387 e. The lowest BCUT2D eigenvalue weighted by atomic mass is 10.1. The lowest BCUT2D eigenvalue weighted by molar-refractivity contribution is -0.137. The van der Waals surface area contributed by atoms with E-state index in [-0.39, 0.29) is 12.2 Å². The number of nitrogens with one attached hydrogen (secondary N) is 2. The number of urea groups is 1. The van der Waals surface area contributed by atoms with E-state index in [0.717, 1.165) is 12.1 Å². The third-order valence-corrected chi connectivity index (χ3v) is 3.09. The zero-order valence-electron chi connectivity index (χ0n) is 12.0. The maximum atomic E-state index is 12.6. The smallest absolute Gasteiger partial charge is 0.387 e. The van der Waals surface area contributed by atoms with Crippen LogP contribution < -0.4 is 10.6 Å². The van der Waals surface area contributed by atoms with Gasteiger partial charge < -0.3 is 15.7 Å². The molecule has 0 aliphatic carbocycles. The molecular formula is C16H15F3N2O2. The summed E-state index contributed by atoms with van der Waals surface area (Å²) in [4.78, 5) is 11.7. The van der Waals surface area contributed by atoms with Gasteiger partial charge in [0.25, 0.3) is 0 Å². The van der Waals surface area contributed by atoms with E-state index in [1.165, 1.54) is 12.1 Å². The van der Waals surface area contributed by atoms with Gasteiger partial charge in [-0.15, -0.1) is 0 Å². The van der Waals surface area contributed by atoms with E-state index in [4.69, 9.17) is 0 Å². The van der Waals surface area contributed by atoms with Gasteiger partial charge in [-0.1, -0.05) is 36.4 Å². The highest BCUT2D eigenvalue weighted by atomic mass is 19.4. The van der Waals surface area contributed by atoms with Crippen LogP contribution in [0.15, 0.2) is 54.6 Å². The first-order valence-corrected chi connectivity index (χ1v) is 6.81. The average Bonchev–Trinajstić information content (AvgIpc) is 2.53. The van der Waals surface area contributed by atoms with Crippen LogP contribution in [-0.4, -0.2) is 17.7 Å². The molecule has 2 aromatic carbocycles. The largest absolute Gasteiger partial charge is 0.416 e. The van der Waals surface area contributed by atoms with Crippen LogP contribution in [0.2, 0.25) is 0 Å². The second kappa shape index (κ2) is 7.15. The number of hydrogen-bond donors (Lipinski definition) is 3. The predicted molar refractivity (Wildman–Crippen MR) is 79.9 cm³/mol. The van der Waals surface area contributed by atoms with Crippen LogP contribution in [-0.2, 0) is 6.18 Å². The number of hydrogen-bond acceptors (Lipinski definition) is 2. The van der Waals surface area contributed by atoms with E-state index in [2.05, 4.69) is 10.6 Å². The number of aliphatic hydroxyl groups excluding tert-OH is 1. The molecule has 0 spiro atoms. The van der Waals surface area contributed by atoms with Gasteiger partial charge in [0.2, 0.25) is 0 Å². The van der Waals surface area contributed by atoms with Crippen LogP contribution in [0.4, 0.5) is 23.7 Å². The minimum absolute atomic E-state index is 0.0199. The Hall–Kier alpha value is -2.54. The molecule has 1 atom stereocenters. The molecule has 3 N–H and O–H groups in total. The monoisotopic (exact) mass is 324 g/mol. The number of halogens is 3. The van der Waals surface area contributed by atoms with E-state index in [0.29, 0.717) is 5.56 Å². The van der Waals surface area contributed by atoms with Crippen LogP contribution in [0.3, 0.4) is 0 Å². The summed E-state index contributed by atoms with van der Waals surface area (Å²) < 4.78 is 37.8. The van der Waals surface area contributed by atoms with E-state index < -0.39 is 23.9 Å². The molecule has 2 amide bonds. The topological polar surface area (TPSA) is 61.4 Å². The maximum Gasteiger partial charge on any atom is 0.416 e. The molecule has 0 fully saturated rings. The number of alkyl halides is 3. The van der Waals surface area contributed by atoms with Crippen molar-refractivity contribution in [1.82, 2.24) is 5.32 Å². The summed E-state index contributed by atoms with van der Waals surface area (Å²) in [5.41, 5.74) is -0.196. The summed E-state index contributed by atoms with van der Waals surface area (Å²) in [5.74, 6) is 0. The first-order valence-electron chi connectivity index (χ1n) is 6.81. The Labute approximate surface area is 131 Å². The average molecular weight is 324 g/mol. The van der Waals surface area contributed by atoms with Crippen LogP contribution in [0, 0.1) is 0 Å². The second-order valence-electron chi connectivity index (χ2n) is 4.84. The molecule has 2 rings (SSSR count). The van der Waals surface area contributed by atoms with Gasteiger partial charge in [0.15, 0.2) is 0 Å². The molecule has 0 aromatic heterocycles. The summed E-state index contributed by atoms with van der Waals surface area (Å²) in [5, 5.41) is 14.6. The number of aliphatic hydroxyl groups is 1. The van der Waals surface area contributed by atoms with Crippen LogP contribution in [0.5, 0.6) is 0 Å². The molecule has 0 unspecified atom stereocenters. The Morgan fingerprint density at radius 2 is 1.78 bits per heavy atom. The molecule has 7 heteroatoms. The number of benzene rings is 2. The molecule has 0 bridgehead atoms. The molecule has 0 aliphatic heterocycles. The van der Waals surface area contributed by atoms with Gasteiger partial charge in [-0.3, -0.25) is 0 Å². The lowest BCUT2D eigenvalue weighted by Gasteiger charge is -2.13. The fourth-order valence-corrected chi connectivity index (χ4v) is 1.93. The second-order valence-corrected chi connectivity index (χ2v) is 4.84. The van der Waals surface area contributed by atoms with Crippen LogP contribution in [0.25, 0.3) is 0 Å². The Balaban J connectivity index is 1.90.